The number of ether oxygens (including phenoxy) is 1. The Hall–Kier alpha value is -2.36. The lowest BCUT2D eigenvalue weighted by atomic mass is 10.0. The van der Waals surface area contributed by atoms with Gasteiger partial charge in [-0.05, 0) is 42.7 Å². The summed E-state index contributed by atoms with van der Waals surface area (Å²) < 4.78 is 19.2. The third-order valence-corrected chi connectivity index (χ3v) is 3.17. The lowest BCUT2D eigenvalue weighted by Gasteiger charge is -2.19. The molecule has 4 heteroatoms. The van der Waals surface area contributed by atoms with Gasteiger partial charge in [0.2, 0.25) is 0 Å². The first kappa shape index (κ1) is 12.7. The summed E-state index contributed by atoms with van der Waals surface area (Å²) in [4.78, 5) is 0. The Morgan fingerprint density at radius 3 is 2.90 bits per heavy atom. The molecule has 3 rings (SSSR count). The lowest BCUT2D eigenvalue weighted by molar-refractivity contribution is 0.287. The summed E-state index contributed by atoms with van der Waals surface area (Å²) in [5, 5.41) is 4.14. The molecule has 3 nitrogen and oxygen atoms in total. The van der Waals surface area contributed by atoms with Gasteiger partial charge in [-0.2, -0.15) is 5.10 Å². The number of nitrogens with one attached hydrogen (secondary N) is 1. The smallest absolute Gasteiger partial charge is 0.131 e. The van der Waals surface area contributed by atoms with Crippen molar-refractivity contribution in [2.24, 2.45) is 5.10 Å². The van der Waals surface area contributed by atoms with Crippen molar-refractivity contribution < 1.29 is 9.13 Å². The molecule has 0 aliphatic carbocycles. The molecule has 20 heavy (non-hydrogen) atoms. The van der Waals surface area contributed by atoms with Crippen LogP contribution in [0.15, 0.2) is 47.6 Å². The van der Waals surface area contributed by atoms with E-state index in [1.807, 2.05) is 30.3 Å². The predicted octanol–water partition coefficient (Wildman–Crippen LogP) is 3.60. The number of hydrazone groups is 1. The van der Waals surface area contributed by atoms with Gasteiger partial charge >= 0.3 is 0 Å². The van der Waals surface area contributed by atoms with Crippen LogP contribution in [0.4, 0.5) is 10.1 Å². The van der Waals surface area contributed by atoms with Crippen molar-refractivity contribution in [1.82, 2.24) is 0 Å². The van der Waals surface area contributed by atoms with Crippen molar-refractivity contribution in [3.05, 3.63) is 59.4 Å². The van der Waals surface area contributed by atoms with Crippen molar-refractivity contribution in [1.29, 1.82) is 0 Å². The van der Waals surface area contributed by atoms with Gasteiger partial charge in [0, 0.05) is 5.56 Å². The summed E-state index contributed by atoms with van der Waals surface area (Å²) in [7, 11) is 0. The number of fused-ring (bicyclic) bond motifs is 1. The second-order valence-corrected chi connectivity index (χ2v) is 4.67. The minimum atomic E-state index is -0.254. The molecule has 0 fully saturated rings. The average Bonchev–Trinajstić information content (AvgIpc) is 2.48. The number of rotatable bonds is 3. The number of halogens is 1. The molecule has 0 amide bonds. The third kappa shape index (κ3) is 2.79. The van der Waals surface area contributed by atoms with E-state index in [1.54, 1.807) is 6.21 Å². The molecule has 1 aliphatic heterocycles. The van der Waals surface area contributed by atoms with Crippen molar-refractivity contribution in [2.45, 2.75) is 12.8 Å². The van der Waals surface area contributed by atoms with Gasteiger partial charge < -0.3 is 4.74 Å². The molecule has 0 spiro atoms. The standard InChI is InChI=1S/C16H15FN2O/c17-14-9-12-5-4-8-20-16(12)13(10-14)11-18-19-15-6-2-1-3-7-15/h1-3,6-7,9-11,19H,4-5,8H2. The Balaban J connectivity index is 1.82. The number of aryl methyl sites for hydroxylation is 1. The Kier molecular flexibility index (Phi) is 3.63. The van der Waals surface area contributed by atoms with Crippen molar-refractivity contribution in [3.63, 3.8) is 0 Å². The van der Waals surface area contributed by atoms with Gasteiger partial charge in [-0.25, -0.2) is 4.39 Å². The maximum Gasteiger partial charge on any atom is 0.131 e. The van der Waals surface area contributed by atoms with E-state index >= 15 is 0 Å². The molecule has 1 aliphatic rings. The molecule has 0 aromatic heterocycles. The Morgan fingerprint density at radius 1 is 1.20 bits per heavy atom. The number of para-hydroxylation sites is 1. The van der Waals surface area contributed by atoms with E-state index in [9.17, 15) is 4.39 Å². The van der Waals surface area contributed by atoms with E-state index in [2.05, 4.69) is 10.5 Å². The SMILES string of the molecule is Fc1cc(C=NNc2ccccc2)c2c(c1)CCCO2. The van der Waals surface area contributed by atoms with Crippen molar-refractivity contribution in [3.8, 4) is 5.75 Å². The first-order chi connectivity index (χ1) is 9.83. The molecule has 2 aromatic rings. The molecular formula is C16H15FN2O. The number of nitrogens with zero attached hydrogens (tertiary/aromatic N) is 1. The van der Waals surface area contributed by atoms with Crippen molar-refractivity contribution >= 4 is 11.9 Å². The van der Waals surface area contributed by atoms with Crippen LogP contribution < -0.4 is 10.2 Å². The molecule has 0 atom stereocenters. The van der Waals surface area contributed by atoms with E-state index in [1.165, 1.54) is 12.1 Å². The summed E-state index contributed by atoms with van der Waals surface area (Å²) in [6, 6.07) is 12.6. The van der Waals surface area contributed by atoms with Crippen LogP contribution in [0.2, 0.25) is 0 Å². The highest BCUT2D eigenvalue weighted by Crippen LogP contribution is 2.29. The average molecular weight is 270 g/mol. The van der Waals surface area contributed by atoms with E-state index in [4.69, 9.17) is 4.74 Å². The highest BCUT2D eigenvalue weighted by atomic mass is 19.1. The van der Waals surface area contributed by atoms with Gasteiger partial charge in [-0.15, -0.1) is 0 Å². The molecule has 0 radical (unpaired) electrons. The van der Waals surface area contributed by atoms with Gasteiger partial charge in [0.05, 0.1) is 18.5 Å². The molecule has 1 N–H and O–H groups in total. The number of benzene rings is 2. The molecule has 102 valence electrons. The second kappa shape index (κ2) is 5.74. The zero-order chi connectivity index (χ0) is 13.8. The molecule has 0 saturated heterocycles. The maximum absolute atomic E-state index is 13.6. The fourth-order valence-corrected chi connectivity index (χ4v) is 2.26. The maximum atomic E-state index is 13.6. The number of hydrogen-bond donors (Lipinski definition) is 1. The lowest BCUT2D eigenvalue weighted by Crippen LogP contribution is -2.11. The van der Waals surface area contributed by atoms with Crippen LogP contribution in [0.1, 0.15) is 17.5 Å². The van der Waals surface area contributed by atoms with Gasteiger partial charge in [-0.1, -0.05) is 18.2 Å². The fraction of sp³-hybridized carbons (Fsp3) is 0.188. The van der Waals surface area contributed by atoms with Gasteiger partial charge in [0.25, 0.3) is 0 Å². The van der Waals surface area contributed by atoms with Gasteiger partial charge in [0.15, 0.2) is 0 Å². The van der Waals surface area contributed by atoms with Gasteiger partial charge in [-0.3, -0.25) is 5.43 Å². The quantitative estimate of drug-likeness (QED) is 0.683. The van der Waals surface area contributed by atoms with Crippen LogP contribution in [0.25, 0.3) is 0 Å². The summed E-state index contributed by atoms with van der Waals surface area (Å²) in [6.07, 6.45) is 3.37. The van der Waals surface area contributed by atoms with E-state index in [0.717, 1.165) is 29.8 Å². The van der Waals surface area contributed by atoms with Crippen LogP contribution in [0.5, 0.6) is 5.75 Å². The topological polar surface area (TPSA) is 33.6 Å². The van der Waals surface area contributed by atoms with E-state index in [-0.39, 0.29) is 5.82 Å². The Bertz CT molecular complexity index is 626. The van der Waals surface area contributed by atoms with Crippen molar-refractivity contribution in [2.75, 3.05) is 12.0 Å². The summed E-state index contributed by atoms with van der Waals surface area (Å²) >= 11 is 0. The molecule has 2 aromatic carbocycles. The predicted molar refractivity (Wildman–Crippen MR) is 77.9 cm³/mol. The summed E-state index contributed by atoms with van der Waals surface area (Å²) in [5.74, 6) is 0.492. The Morgan fingerprint density at radius 2 is 2.05 bits per heavy atom. The first-order valence-electron chi connectivity index (χ1n) is 6.62. The van der Waals surface area contributed by atoms with Gasteiger partial charge in [0.1, 0.15) is 11.6 Å². The van der Waals surface area contributed by atoms with E-state index < -0.39 is 0 Å². The molecular weight excluding hydrogens is 255 g/mol. The summed E-state index contributed by atoms with van der Waals surface area (Å²) in [5.41, 5.74) is 5.38. The first-order valence-corrected chi connectivity index (χ1v) is 6.62. The normalized spacial score (nSPS) is 13.8. The zero-order valence-electron chi connectivity index (χ0n) is 11.0. The third-order valence-electron chi connectivity index (χ3n) is 3.17. The highest BCUT2D eigenvalue weighted by molar-refractivity contribution is 5.85. The van der Waals surface area contributed by atoms with Crippen LogP contribution in [-0.4, -0.2) is 12.8 Å². The second-order valence-electron chi connectivity index (χ2n) is 4.67. The molecule has 0 bridgehead atoms. The summed E-state index contributed by atoms with van der Waals surface area (Å²) in [6.45, 7) is 0.672. The minimum absolute atomic E-state index is 0.254. The van der Waals surface area contributed by atoms with Crippen LogP contribution in [-0.2, 0) is 6.42 Å². The zero-order valence-corrected chi connectivity index (χ0v) is 11.0. The molecule has 1 heterocycles. The highest BCUT2D eigenvalue weighted by Gasteiger charge is 2.15. The number of anilines is 1. The monoisotopic (exact) mass is 270 g/mol. The minimum Gasteiger partial charge on any atom is -0.493 e. The number of hydrogen-bond acceptors (Lipinski definition) is 3. The van der Waals surface area contributed by atoms with Crippen LogP contribution in [0.3, 0.4) is 0 Å². The van der Waals surface area contributed by atoms with Crippen LogP contribution >= 0.6 is 0 Å². The molecule has 0 unspecified atom stereocenters. The van der Waals surface area contributed by atoms with Crippen LogP contribution in [0, 0.1) is 5.82 Å². The Labute approximate surface area is 117 Å². The van der Waals surface area contributed by atoms with E-state index in [0.29, 0.717) is 12.2 Å². The largest absolute Gasteiger partial charge is 0.493 e. The molecule has 0 saturated carbocycles. The fourth-order valence-electron chi connectivity index (χ4n) is 2.26.